The van der Waals surface area contributed by atoms with Crippen molar-refractivity contribution in [3.63, 3.8) is 0 Å². The molecule has 29 heavy (non-hydrogen) atoms. The maximum Gasteiger partial charge on any atom is 0.271 e. The number of hydrogen-bond donors (Lipinski definition) is 2. The van der Waals surface area contributed by atoms with Crippen molar-refractivity contribution in [1.82, 2.24) is 15.4 Å². The van der Waals surface area contributed by atoms with Crippen molar-refractivity contribution in [2.45, 2.75) is 6.61 Å². The van der Waals surface area contributed by atoms with Gasteiger partial charge < -0.3 is 9.72 Å². The fraction of sp³-hybridized carbons (Fsp3) is 0.0455. The molecule has 144 valence electrons. The van der Waals surface area contributed by atoms with Gasteiger partial charge in [-0.15, -0.1) is 0 Å². The molecule has 2 heterocycles. The molecule has 0 saturated heterocycles. The number of nitrogens with zero attached hydrogens (tertiary/aromatic N) is 2. The molecule has 0 aliphatic rings. The Morgan fingerprint density at radius 3 is 2.76 bits per heavy atom. The Labute approximate surface area is 166 Å². The van der Waals surface area contributed by atoms with Crippen LogP contribution in [0.5, 0.6) is 5.88 Å². The van der Waals surface area contributed by atoms with E-state index in [1.807, 2.05) is 36.4 Å². The summed E-state index contributed by atoms with van der Waals surface area (Å²) < 4.78 is 18.7. The van der Waals surface area contributed by atoms with Gasteiger partial charge in [0.05, 0.1) is 17.9 Å². The number of nitrogens with one attached hydrogen (secondary N) is 2. The zero-order valence-electron chi connectivity index (χ0n) is 15.3. The highest BCUT2D eigenvalue weighted by molar-refractivity contribution is 6.00. The van der Waals surface area contributed by atoms with Crippen LogP contribution in [0.25, 0.3) is 10.9 Å². The Balaban J connectivity index is 1.45. The third-order valence-electron chi connectivity index (χ3n) is 4.28. The van der Waals surface area contributed by atoms with Crippen molar-refractivity contribution in [2.24, 2.45) is 5.10 Å². The average molecular weight is 388 g/mol. The van der Waals surface area contributed by atoms with Gasteiger partial charge in [-0.25, -0.2) is 14.8 Å². The van der Waals surface area contributed by atoms with Crippen LogP contribution in [0.15, 0.2) is 78.2 Å². The Morgan fingerprint density at radius 1 is 1.17 bits per heavy atom. The summed E-state index contributed by atoms with van der Waals surface area (Å²) in [4.78, 5) is 19.4. The highest BCUT2D eigenvalue weighted by Crippen LogP contribution is 2.21. The normalized spacial score (nSPS) is 11.1. The van der Waals surface area contributed by atoms with Gasteiger partial charge in [0.25, 0.3) is 5.91 Å². The number of amides is 1. The van der Waals surface area contributed by atoms with E-state index in [-0.39, 0.29) is 0 Å². The molecular weight excluding hydrogens is 371 g/mol. The molecule has 4 rings (SSSR count). The van der Waals surface area contributed by atoms with Gasteiger partial charge in [0, 0.05) is 28.8 Å². The van der Waals surface area contributed by atoms with Crippen LogP contribution in [-0.2, 0) is 6.61 Å². The lowest BCUT2D eigenvalue weighted by Crippen LogP contribution is -2.17. The smallest absolute Gasteiger partial charge is 0.271 e. The van der Waals surface area contributed by atoms with Gasteiger partial charge in [0.2, 0.25) is 5.88 Å². The van der Waals surface area contributed by atoms with Crippen molar-refractivity contribution in [1.29, 1.82) is 0 Å². The van der Waals surface area contributed by atoms with Gasteiger partial charge in [0.15, 0.2) is 0 Å². The van der Waals surface area contributed by atoms with Crippen LogP contribution in [0.4, 0.5) is 4.39 Å². The van der Waals surface area contributed by atoms with E-state index >= 15 is 0 Å². The van der Waals surface area contributed by atoms with E-state index in [2.05, 4.69) is 20.5 Å². The highest BCUT2D eigenvalue weighted by Gasteiger charge is 2.07. The minimum absolute atomic E-state index is 0.322. The number of hydrogen-bond acceptors (Lipinski definition) is 4. The summed E-state index contributed by atoms with van der Waals surface area (Å²) in [5.74, 6) is -0.330. The molecule has 0 fully saturated rings. The molecule has 0 saturated carbocycles. The fourth-order valence-electron chi connectivity index (χ4n) is 2.77. The topological polar surface area (TPSA) is 79.4 Å². The average Bonchev–Trinajstić information content (AvgIpc) is 3.16. The Hall–Kier alpha value is -4.00. The quantitative estimate of drug-likeness (QED) is 0.386. The molecule has 2 N–H and O–H groups in total. The van der Waals surface area contributed by atoms with Crippen LogP contribution in [-0.4, -0.2) is 22.1 Å². The first-order valence-corrected chi connectivity index (χ1v) is 8.92. The summed E-state index contributed by atoms with van der Waals surface area (Å²) in [5, 5.41) is 4.85. The summed E-state index contributed by atoms with van der Waals surface area (Å²) >= 11 is 0. The van der Waals surface area contributed by atoms with Crippen molar-refractivity contribution in [2.75, 3.05) is 0 Å². The predicted octanol–water partition coefficient (Wildman–Crippen LogP) is 4.04. The molecule has 0 radical (unpaired) electrons. The van der Waals surface area contributed by atoms with Gasteiger partial charge >= 0.3 is 0 Å². The molecular formula is C22H17FN4O2. The van der Waals surface area contributed by atoms with E-state index in [0.29, 0.717) is 18.1 Å². The summed E-state index contributed by atoms with van der Waals surface area (Å²) in [6.45, 7) is 0.418. The van der Waals surface area contributed by atoms with E-state index in [0.717, 1.165) is 22.0 Å². The third-order valence-corrected chi connectivity index (χ3v) is 4.28. The second-order valence-electron chi connectivity index (χ2n) is 6.29. The number of fused-ring (bicyclic) bond motifs is 1. The molecule has 1 amide bonds. The number of hydrazone groups is 1. The molecule has 2 aromatic heterocycles. The first-order valence-electron chi connectivity index (χ1n) is 8.92. The zero-order valence-corrected chi connectivity index (χ0v) is 15.3. The van der Waals surface area contributed by atoms with Gasteiger partial charge in [-0.1, -0.05) is 30.3 Å². The first kappa shape index (κ1) is 18.4. The summed E-state index contributed by atoms with van der Waals surface area (Å²) in [6, 6.07) is 16.9. The molecule has 0 aliphatic heterocycles. The van der Waals surface area contributed by atoms with Gasteiger partial charge in [-0.3, -0.25) is 4.79 Å². The summed E-state index contributed by atoms with van der Waals surface area (Å²) in [5.41, 5.74) is 5.39. The molecule has 0 unspecified atom stereocenters. The number of pyridine rings is 1. The second-order valence-corrected chi connectivity index (χ2v) is 6.29. The number of rotatable bonds is 6. The van der Waals surface area contributed by atoms with Crippen LogP contribution in [0, 0.1) is 5.82 Å². The van der Waals surface area contributed by atoms with E-state index in [1.165, 1.54) is 30.5 Å². The number of benzene rings is 2. The molecule has 0 atom stereocenters. The SMILES string of the molecule is O=C(N/N=C/c1c[nH]c2cnc(OCc3ccccc3)cc12)c1ccc(F)cc1. The van der Waals surface area contributed by atoms with Crippen molar-refractivity contribution < 1.29 is 13.9 Å². The second kappa shape index (κ2) is 8.35. The molecule has 0 bridgehead atoms. The molecule has 0 spiro atoms. The van der Waals surface area contributed by atoms with Gasteiger partial charge in [-0.05, 0) is 29.8 Å². The van der Waals surface area contributed by atoms with E-state index < -0.39 is 11.7 Å². The largest absolute Gasteiger partial charge is 0.473 e. The number of carbonyl (C=O) groups excluding carboxylic acids is 1. The van der Waals surface area contributed by atoms with Crippen molar-refractivity contribution in [3.8, 4) is 5.88 Å². The van der Waals surface area contributed by atoms with Crippen molar-refractivity contribution in [3.05, 3.63) is 95.6 Å². The molecule has 0 aliphatic carbocycles. The zero-order chi connectivity index (χ0) is 20.1. The van der Waals surface area contributed by atoms with E-state index in [4.69, 9.17) is 4.74 Å². The number of aromatic amines is 1. The Kier molecular flexibility index (Phi) is 5.29. The van der Waals surface area contributed by atoms with Crippen LogP contribution < -0.4 is 10.2 Å². The summed E-state index contributed by atoms with van der Waals surface area (Å²) in [6.07, 6.45) is 4.98. The molecule has 6 nitrogen and oxygen atoms in total. The Bertz CT molecular complexity index is 1150. The van der Waals surface area contributed by atoms with E-state index in [9.17, 15) is 9.18 Å². The first-order chi connectivity index (χ1) is 14.2. The minimum atomic E-state index is -0.422. The summed E-state index contributed by atoms with van der Waals surface area (Å²) in [7, 11) is 0. The van der Waals surface area contributed by atoms with Gasteiger partial charge in [0.1, 0.15) is 12.4 Å². The monoisotopic (exact) mass is 388 g/mol. The standard InChI is InChI=1S/C22H17FN4O2/c23-18-8-6-16(7-9-18)22(28)27-26-12-17-11-24-20-13-25-21(10-19(17)20)29-14-15-4-2-1-3-5-15/h1-13,24H,14H2,(H,27,28)/b26-12+. The number of aromatic nitrogens is 2. The van der Waals surface area contributed by atoms with Crippen LogP contribution >= 0.6 is 0 Å². The minimum Gasteiger partial charge on any atom is -0.473 e. The third kappa shape index (κ3) is 4.47. The van der Waals surface area contributed by atoms with Crippen LogP contribution in [0.1, 0.15) is 21.5 Å². The van der Waals surface area contributed by atoms with Crippen LogP contribution in [0.2, 0.25) is 0 Å². The lowest BCUT2D eigenvalue weighted by molar-refractivity contribution is 0.0955. The fourth-order valence-corrected chi connectivity index (χ4v) is 2.77. The number of ether oxygens (including phenoxy) is 1. The van der Waals surface area contributed by atoms with Crippen molar-refractivity contribution >= 4 is 23.0 Å². The molecule has 2 aromatic carbocycles. The molecule has 7 heteroatoms. The maximum atomic E-state index is 12.9. The molecule has 4 aromatic rings. The predicted molar refractivity (Wildman–Crippen MR) is 108 cm³/mol. The maximum absolute atomic E-state index is 12.9. The van der Waals surface area contributed by atoms with E-state index in [1.54, 1.807) is 12.4 Å². The highest BCUT2D eigenvalue weighted by atomic mass is 19.1. The number of H-pyrrole nitrogens is 1. The van der Waals surface area contributed by atoms with Crippen LogP contribution in [0.3, 0.4) is 0 Å². The van der Waals surface area contributed by atoms with Gasteiger partial charge in [-0.2, -0.15) is 5.10 Å². The Morgan fingerprint density at radius 2 is 1.97 bits per heavy atom. The number of carbonyl (C=O) groups is 1. The lowest BCUT2D eigenvalue weighted by atomic mass is 10.2. The number of halogens is 1. The lowest BCUT2D eigenvalue weighted by Gasteiger charge is -2.05.